The van der Waals surface area contributed by atoms with E-state index < -0.39 is 35.9 Å². The van der Waals surface area contributed by atoms with Crippen LogP contribution in [0.1, 0.15) is 35.3 Å². The Kier molecular flexibility index (Phi) is 6.28. The van der Waals surface area contributed by atoms with Gasteiger partial charge in [0.2, 0.25) is 0 Å². The van der Waals surface area contributed by atoms with Gasteiger partial charge in [0.25, 0.3) is 0 Å². The molecule has 34 heavy (non-hydrogen) atoms. The van der Waals surface area contributed by atoms with Crippen LogP contribution >= 0.6 is 0 Å². The Morgan fingerprint density at radius 2 is 1.85 bits per heavy atom. The molecule has 1 fully saturated rings. The fraction of sp³-hybridized carbons (Fsp3) is 0.240. The molecule has 2 aromatic carbocycles. The Labute approximate surface area is 193 Å². The molecular formula is C25H21F3N2O4. The lowest BCUT2D eigenvalue weighted by atomic mass is 9.96. The van der Waals surface area contributed by atoms with Crippen LogP contribution < -0.4 is 0 Å². The first-order valence-corrected chi connectivity index (χ1v) is 10.5. The summed E-state index contributed by atoms with van der Waals surface area (Å²) >= 11 is 0. The van der Waals surface area contributed by atoms with E-state index in [9.17, 15) is 22.8 Å². The number of ether oxygens (including phenoxy) is 1. The van der Waals surface area contributed by atoms with Crippen LogP contribution in [0, 0.1) is 0 Å². The lowest BCUT2D eigenvalue weighted by Gasteiger charge is -2.23. The number of rotatable bonds is 6. The quantitative estimate of drug-likeness (QED) is 0.516. The number of carbonyl (C=O) groups excluding carboxylic acids is 1. The number of alkyl halides is 3. The Bertz CT molecular complexity index is 1210. The van der Waals surface area contributed by atoms with E-state index in [2.05, 4.69) is 4.98 Å². The third-order valence-corrected chi connectivity index (χ3v) is 5.75. The largest absolute Gasteiger partial charge is 0.481 e. The molecule has 0 saturated carbocycles. The van der Waals surface area contributed by atoms with Gasteiger partial charge in [0.1, 0.15) is 6.10 Å². The number of nitrogens with zero attached hydrogens (tertiary/aromatic N) is 2. The Morgan fingerprint density at radius 3 is 2.53 bits per heavy atom. The minimum atomic E-state index is -4.57. The van der Waals surface area contributed by atoms with Crippen LogP contribution in [0.4, 0.5) is 18.0 Å². The van der Waals surface area contributed by atoms with Crippen LogP contribution in [-0.4, -0.2) is 33.1 Å². The summed E-state index contributed by atoms with van der Waals surface area (Å²) < 4.78 is 46.0. The first-order chi connectivity index (χ1) is 16.1. The van der Waals surface area contributed by atoms with Crippen molar-refractivity contribution in [2.75, 3.05) is 0 Å². The Morgan fingerprint density at radius 1 is 1.12 bits per heavy atom. The Balaban J connectivity index is 1.71. The van der Waals surface area contributed by atoms with Gasteiger partial charge in [-0.3, -0.25) is 14.7 Å². The highest BCUT2D eigenvalue weighted by Crippen LogP contribution is 2.37. The first-order valence-electron chi connectivity index (χ1n) is 10.5. The fourth-order valence-corrected chi connectivity index (χ4v) is 4.07. The summed E-state index contributed by atoms with van der Waals surface area (Å²) in [7, 11) is 0. The van der Waals surface area contributed by atoms with Gasteiger partial charge in [-0.15, -0.1) is 0 Å². The molecule has 6 nitrogen and oxygen atoms in total. The second-order valence-corrected chi connectivity index (χ2v) is 8.11. The molecule has 3 aromatic rings. The molecule has 1 saturated heterocycles. The number of cyclic esters (lactones) is 1. The minimum Gasteiger partial charge on any atom is -0.481 e. The van der Waals surface area contributed by atoms with E-state index >= 15 is 0 Å². The number of pyridine rings is 1. The maximum atomic E-state index is 13.5. The SMILES string of the molecule is CC1C(c2ccccc2)OC(=O)N1Cc1cc(C(F)(F)F)ccc1-c1cncc(CC(=O)O)c1. The van der Waals surface area contributed by atoms with E-state index in [4.69, 9.17) is 9.84 Å². The van der Waals surface area contributed by atoms with Gasteiger partial charge in [-0.2, -0.15) is 13.2 Å². The van der Waals surface area contributed by atoms with Crippen LogP contribution in [0.15, 0.2) is 67.0 Å². The summed E-state index contributed by atoms with van der Waals surface area (Å²) in [5.74, 6) is -1.05. The second-order valence-electron chi connectivity index (χ2n) is 8.11. The molecule has 0 radical (unpaired) electrons. The number of carboxylic acids is 1. The summed E-state index contributed by atoms with van der Waals surface area (Å²) in [4.78, 5) is 29.2. The molecular weight excluding hydrogens is 449 g/mol. The van der Waals surface area contributed by atoms with Crippen molar-refractivity contribution in [3.63, 3.8) is 0 Å². The smallest absolute Gasteiger partial charge is 0.416 e. The average molecular weight is 470 g/mol. The van der Waals surface area contributed by atoms with Gasteiger partial charge in [-0.1, -0.05) is 36.4 Å². The van der Waals surface area contributed by atoms with Gasteiger partial charge >= 0.3 is 18.2 Å². The van der Waals surface area contributed by atoms with E-state index in [1.54, 1.807) is 13.0 Å². The zero-order chi connectivity index (χ0) is 24.5. The maximum absolute atomic E-state index is 13.5. The van der Waals surface area contributed by atoms with Gasteiger partial charge in [0.05, 0.1) is 24.6 Å². The normalized spacial score (nSPS) is 18.1. The van der Waals surface area contributed by atoms with E-state index in [1.807, 2.05) is 30.3 Å². The van der Waals surface area contributed by atoms with Crippen molar-refractivity contribution in [2.24, 2.45) is 0 Å². The number of carbonyl (C=O) groups is 2. The molecule has 1 aliphatic heterocycles. The van der Waals surface area contributed by atoms with E-state index in [1.165, 1.54) is 23.4 Å². The van der Waals surface area contributed by atoms with Crippen LogP contribution in [0.25, 0.3) is 11.1 Å². The minimum absolute atomic E-state index is 0.119. The molecule has 176 valence electrons. The highest BCUT2D eigenvalue weighted by molar-refractivity contribution is 5.74. The van der Waals surface area contributed by atoms with Crippen molar-refractivity contribution < 1.29 is 32.6 Å². The predicted molar refractivity (Wildman–Crippen MR) is 117 cm³/mol. The summed E-state index contributed by atoms with van der Waals surface area (Å²) in [5, 5.41) is 9.06. The third kappa shape index (κ3) is 4.88. The van der Waals surface area contributed by atoms with Crippen molar-refractivity contribution in [2.45, 2.75) is 38.2 Å². The number of benzene rings is 2. The molecule has 1 N–H and O–H groups in total. The van der Waals surface area contributed by atoms with Gasteiger partial charge in [-0.05, 0) is 47.4 Å². The Hall–Kier alpha value is -3.88. The summed E-state index contributed by atoms with van der Waals surface area (Å²) in [6.45, 7) is 1.66. The molecule has 2 heterocycles. The standard InChI is InChI=1S/C25H21F3N2O4/c1-15-23(17-5-3-2-4-6-17)34-24(33)30(15)14-19-11-20(25(26,27)28)7-8-21(19)18-9-16(10-22(31)32)12-29-13-18/h2-9,11-13,15,23H,10,14H2,1H3,(H,31,32). The van der Waals surface area contributed by atoms with Crippen LogP contribution in [0.3, 0.4) is 0 Å². The molecule has 0 spiro atoms. The topological polar surface area (TPSA) is 79.7 Å². The number of hydrogen-bond donors (Lipinski definition) is 1. The number of halogens is 3. The fourth-order valence-electron chi connectivity index (χ4n) is 4.07. The lowest BCUT2D eigenvalue weighted by molar-refractivity contribution is -0.138. The third-order valence-electron chi connectivity index (χ3n) is 5.75. The molecule has 2 unspecified atom stereocenters. The number of aromatic nitrogens is 1. The summed E-state index contributed by atoms with van der Waals surface area (Å²) in [6, 6.07) is 13.6. The number of hydrogen-bond acceptors (Lipinski definition) is 4. The first kappa shape index (κ1) is 23.3. The highest BCUT2D eigenvalue weighted by Gasteiger charge is 2.40. The molecule has 9 heteroatoms. The molecule has 1 aliphatic rings. The van der Waals surface area contributed by atoms with Gasteiger partial charge in [0, 0.05) is 18.0 Å². The van der Waals surface area contributed by atoms with E-state index in [-0.39, 0.29) is 18.5 Å². The lowest BCUT2D eigenvalue weighted by Crippen LogP contribution is -2.31. The van der Waals surface area contributed by atoms with Crippen molar-refractivity contribution in [1.29, 1.82) is 0 Å². The molecule has 4 rings (SSSR count). The number of carboxylic acid groups (broad SMARTS) is 1. The molecule has 0 bridgehead atoms. The highest BCUT2D eigenvalue weighted by atomic mass is 19.4. The predicted octanol–water partition coefficient (Wildman–Crippen LogP) is 5.48. The van der Waals surface area contributed by atoms with E-state index in [0.717, 1.165) is 17.7 Å². The summed E-state index contributed by atoms with van der Waals surface area (Å²) in [5.41, 5.74) is 1.50. The van der Waals surface area contributed by atoms with Crippen molar-refractivity contribution in [1.82, 2.24) is 9.88 Å². The molecule has 2 atom stereocenters. The average Bonchev–Trinajstić information content (AvgIpc) is 3.07. The number of aliphatic carboxylic acids is 1. The zero-order valence-electron chi connectivity index (χ0n) is 18.1. The van der Waals surface area contributed by atoms with Crippen LogP contribution in [-0.2, 0) is 28.7 Å². The molecule has 1 aromatic heterocycles. The van der Waals surface area contributed by atoms with Crippen LogP contribution in [0.5, 0.6) is 0 Å². The van der Waals surface area contributed by atoms with Crippen LogP contribution in [0.2, 0.25) is 0 Å². The maximum Gasteiger partial charge on any atom is 0.416 e. The summed E-state index contributed by atoms with van der Waals surface area (Å²) in [6.07, 6.45) is -3.17. The van der Waals surface area contributed by atoms with Crippen molar-refractivity contribution >= 4 is 12.1 Å². The van der Waals surface area contributed by atoms with Crippen molar-refractivity contribution in [3.8, 4) is 11.1 Å². The number of amides is 1. The van der Waals surface area contributed by atoms with E-state index in [0.29, 0.717) is 16.7 Å². The van der Waals surface area contributed by atoms with Gasteiger partial charge in [-0.25, -0.2) is 4.79 Å². The monoisotopic (exact) mass is 470 g/mol. The molecule has 1 amide bonds. The van der Waals surface area contributed by atoms with Gasteiger partial charge < -0.3 is 9.84 Å². The van der Waals surface area contributed by atoms with Gasteiger partial charge in [0.15, 0.2) is 0 Å². The van der Waals surface area contributed by atoms with Crippen molar-refractivity contribution in [3.05, 3.63) is 89.2 Å². The molecule has 0 aliphatic carbocycles. The second kappa shape index (κ2) is 9.17. The zero-order valence-corrected chi connectivity index (χ0v) is 18.1.